The second-order valence-electron chi connectivity index (χ2n) is 6.59. The summed E-state index contributed by atoms with van der Waals surface area (Å²) in [4.78, 5) is 5.22. The minimum Gasteiger partial charge on any atom is -0.497 e. The topological polar surface area (TPSA) is 34.2 Å². The number of methoxy groups -OCH3 is 2. The molecule has 0 amide bonds. The van der Waals surface area contributed by atoms with Crippen molar-refractivity contribution in [1.82, 2.24) is 9.80 Å². The maximum atomic E-state index is 5.73. The molecule has 0 N–H and O–H groups in total. The monoisotopic (exact) mass is 320 g/mol. The summed E-state index contributed by atoms with van der Waals surface area (Å²) in [5.41, 5.74) is 1.17. The van der Waals surface area contributed by atoms with Crippen LogP contribution in [0.5, 0.6) is 11.5 Å². The van der Waals surface area contributed by atoms with E-state index in [-0.39, 0.29) is 6.79 Å². The Morgan fingerprint density at radius 2 is 2.09 bits per heavy atom. The van der Waals surface area contributed by atoms with E-state index in [1.807, 2.05) is 12.1 Å². The van der Waals surface area contributed by atoms with Gasteiger partial charge in [-0.15, -0.1) is 0 Å². The van der Waals surface area contributed by atoms with E-state index in [1.54, 1.807) is 14.2 Å². The van der Waals surface area contributed by atoms with Gasteiger partial charge in [0.2, 0.25) is 0 Å². The summed E-state index contributed by atoms with van der Waals surface area (Å²) in [7, 11) is 3.35. The van der Waals surface area contributed by atoms with E-state index in [2.05, 4.69) is 22.8 Å². The summed E-state index contributed by atoms with van der Waals surface area (Å²) < 4.78 is 16.2. The van der Waals surface area contributed by atoms with Gasteiger partial charge in [-0.05, 0) is 44.5 Å². The molecule has 0 unspecified atom stereocenters. The van der Waals surface area contributed by atoms with E-state index in [9.17, 15) is 0 Å². The summed E-state index contributed by atoms with van der Waals surface area (Å²) >= 11 is 0. The predicted molar refractivity (Wildman–Crippen MR) is 90.0 cm³/mol. The molecule has 5 nitrogen and oxygen atoms in total. The van der Waals surface area contributed by atoms with E-state index in [1.165, 1.54) is 31.5 Å². The molecule has 1 aromatic carbocycles. The van der Waals surface area contributed by atoms with E-state index in [4.69, 9.17) is 14.2 Å². The molecular formula is C18H28N2O3. The van der Waals surface area contributed by atoms with Crippen LogP contribution in [0.3, 0.4) is 0 Å². The lowest BCUT2D eigenvalue weighted by Crippen LogP contribution is -2.54. The molecule has 2 atom stereocenters. The molecule has 23 heavy (non-hydrogen) atoms. The molecule has 128 valence electrons. The Hall–Kier alpha value is -1.30. The van der Waals surface area contributed by atoms with Crippen molar-refractivity contribution < 1.29 is 14.2 Å². The third kappa shape index (κ3) is 3.79. The first-order valence-electron chi connectivity index (χ1n) is 8.48. The van der Waals surface area contributed by atoms with Crippen molar-refractivity contribution in [1.29, 1.82) is 0 Å². The Morgan fingerprint density at radius 3 is 2.87 bits per heavy atom. The van der Waals surface area contributed by atoms with Crippen molar-refractivity contribution in [2.45, 2.75) is 38.4 Å². The van der Waals surface area contributed by atoms with E-state index < -0.39 is 0 Å². The highest BCUT2D eigenvalue weighted by molar-refractivity contribution is 5.40. The molecule has 5 heteroatoms. The Morgan fingerprint density at radius 1 is 1.22 bits per heavy atom. The average Bonchev–Trinajstić information content (AvgIpc) is 3.01. The third-order valence-corrected chi connectivity index (χ3v) is 5.04. The fourth-order valence-corrected chi connectivity index (χ4v) is 3.76. The zero-order valence-electron chi connectivity index (χ0n) is 14.5. The van der Waals surface area contributed by atoms with Gasteiger partial charge < -0.3 is 14.2 Å². The second kappa shape index (κ2) is 7.51. The van der Waals surface area contributed by atoms with Crippen LogP contribution in [-0.2, 0) is 11.3 Å². The number of fused-ring (bicyclic) bond motifs is 1. The highest BCUT2D eigenvalue weighted by Crippen LogP contribution is 2.30. The van der Waals surface area contributed by atoms with Crippen LogP contribution in [0.4, 0.5) is 0 Å². The lowest BCUT2D eigenvalue weighted by atomic mass is 10.1. The van der Waals surface area contributed by atoms with Crippen molar-refractivity contribution in [2.24, 2.45) is 0 Å². The molecule has 0 aliphatic carbocycles. The van der Waals surface area contributed by atoms with E-state index in [0.717, 1.165) is 30.6 Å². The van der Waals surface area contributed by atoms with Crippen molar-refractivity contribution in [3.05, 3.63) is 23.8 Å². The van der Waals surface area contributed by atoms with Crippen molar-refractivity contribution >= 4 is 0 Å². The molecule has 2 fully saturated rings. The van der Waals surface area contributed by atoms with Crippen LogP contribution in [-0.4, -0.2) is 62.5 Å². The molecular weight excluding hydrogens is 292 g/mol. The highest BCUT2D eigenvalue weighted by Gasteiger charge is 2.34. The van der Waals surface area contributed by atoms with Crippen LogP contribution in [0.2, 0.25) is 0 Å². The SMILES string of the molecule is COCOc1ccc(OC)cc1CN1C[C@H]2CCCN2C[C@@H]1C. The van der Waals surface area contributed by atoms with Gasteiger partial charge in [0.1, 0.15) is 11.5 Å². The summed E-state index contributed by atoms with van der Waals surface area (Å²) in [6.07, 6.45) is 2.67. The molecule has 0 aromatic heterocycles. The lowest BCUT2D eigenvalue weighted by Gasteiger charge is -2.42. The molecule has 0 saturated carbocycles. The smallest absolute Gasteiger partial charge is 0.188 e. The summed E-state index contributed by atoms with van der Waals surface area (Å²) in [6, 6.07) is 7.28. The molecule has 2 aliphatic heterocycles. The summed E-state index contributed by atoms with van der Waals surface area (Å²) in [5.74, 6) is 1.76. The number of ether oxygens (including phenoxy) is 3. The number of hydrogen-bond acceptors (Lipinski definition) is 5. The van der Waals surface area contributed by atoms with Gasteiger partial charge in [-0.3, -0.25) is 9.80 Å². The summed E-state index contributed by atoms with van der Waals surface area (Å²) in [5, 5.41) is 0. The fraction of sp³-hybridized carbons (Fsp3) is 0.667. The fourth-order valence-electron chi connectivity index (χ4n) is 3.76. The van der Waals surface area contributed by atoms with E-state index >= 15 is 0 Å². The van der Waals surface area contributed by atoms with Gasteiger partial charge in [-0.2, -0.15) is 0 Å². The van der Waals surface area contributed by atoms with Gasteiger partial charge in [0.15, 0.2) is 6.79 Å². The normalized spacial score (nSPS) is 25.3. The Bertz CT molecular complexity index is 523. The zero-order valence-corrected chi connectivity index (χ0v) is 14.5. The van der Waals surface area contributed by atoms with Gasteiger partial charge in [0, 0.05) is 44.4 Å². The molecule has 0 radical (unpaired) electrons. The van der Waals surface area contributed by atoms with Crippen LogP contribution in [0.1, 0.15) is 25.3 Å². The molecule has 0 spiro atoms. The van der Waals surface area contributed by atoms with Crippen LogP contribution in [0.25, 0.3) is 0 Å². The largest absolute Gasteiger partial charge is 0.497 e. The van der Waals surface area contributed by atoms with Crippen LogP contribution < -0.4 is 9.47 Å². The summed E-state index contributed by atoms with van der Waals surface area (Å²) in [6.45, 7) is 7.06. The number of rotatable bonds is 6. The average molecular weight is 320 g/mol. The molecule has 2 saturated heterocycles. The molecule has 0 bridgehead atoms. The third-order valence-electron chi connectivity index (χ3n) is 5.04. The quantitative estimate of drug-likeness (QED) is 0.752. The van der Waals surface area contributed by atoms with Crippen LogP contribution in [0, 0.1) is 0 Å². The van der Waals surface area contributed by atoms with Crippen LogP contribution >= 0.6 is 0 Å². The predicted octanol–water partition coefficient (Wildman–Crippen LogP) is 2.35. The first-order chi connectivity index (χ1) is 11.2. The van der Waals surface area contributed by atoms with E-state index in [0.29, 0.717) is 6.04 Å². The highest BCUT2D eigenvalue weighted by atomic mass is 16.7. The number of hydrogen-bond donors (Lipinski definition) is 0. The van der Waals surface area contributed by atoms with Gasteiger partial charge in [0.25, 0.3) is 0 Å². The zero-order chi connectivity index (χ0) is 16.2. The van der Waals surface area contributed by atoms with Crippen molar-refractivity contribution in [2.75, 3.05) is 40.6 Å². The van der Waals surface area contributed by atoms with Crippen LogP contribution in [0.15, 0.2) is 18.2 Å². The first kappa shape index (κ1) is 16.6. The van der Waals surface area contributed by atoms with Gasteiger partial charge in [-0.25, -0.2) is 0 Å². The number of piperazine rings is 1. The standard InChI is InChI=1S/C18H28N2O3/c1-14-10-19-8-4-5-16(19)12-20(14)11-15-9-17(22-3)6-7-18(15)23-13-21-2/h6-7,9,14,16H,4-5,8,10-13H2,1-3H3/t14-,16+/m0/s1. The molecule has 2 aliphatic rings. The maximum absolute atomic E-state index is 5.73. The first-order valence-corrected chi connectivity index (χ1v) is 8.48. The number of benzene rings is 1. The second-order valence-corrected chi connectivity index (χ2v) is 6.59. The van der Waals surface area contributed by atoms with Crippen molar-refractivity contribution in [3.63, 3.8) is 0 Å². The Balaban J connectivity index is 1.74. The number of nitrogens with zero attached hydrogens (tertiary/aromatic N) is 2. The minimum atomic E-state index is 0.269. The van der Waals surface area contributed by atoms with Gasteiger partial charge in [-0.1, -0.05) is 0 Å². The Kier molecular flexibility index (Phi) is 5.41. The van der Waals surface area contributed by atoms with Gasteiger partial charge >= 0.3 is 0 Å². The molecule has 1 aromatic rings. The Labute approximate surface area is 139 Å². The lowest BCUT2D eigenvalue weighted by molar-refractivity contribution is 0.0426. The van der Waals surface area contributed by atoms with Crippen molar-refractivity contribution in [3.8, 4) is 11.5 Å². The molecule has 3 rings (SSSR count). The molecule has 2 heterocycles. The maximum Gasteiger partial charge on any atom is 0.188 e. The van der Waals surface area contributed by atoms with Gasteiger partial charge in [0.05, 0.1) is 7.11 Å². The minimum absolute atomic E-state index is 0.269.